The van der Waals surface area contributed by atoms with Gasteiger partial charge >= 0.3 is 0 Å². The van der Waals surface area contributed by atoms with Gasteiger partial charge in [0.2, 0.25) is 0 Å². The number of aromatic nitrogens is 1. The average molecular weight is 308 g/mol. The Morgan fingerprint density at radius 2 is 2.00 bits per heavy atom. The molecule has 1 aromatic rings. The van der Waals surface area contributed by atoms with Crippen LogP contribution in [-0.4, -0.2) is 35.1 Å². The average Bonchev–Trinajstić information content (AvgIpc) is 2.47. The molecule has 0 spiro atoms. The second kappa shape index (κ2) is 8.04. The fraction of sp³-hybridized carbons (Fsp3) is 0.706. The lowest BCUT2D eigenvalue weighted by molar-refractivity contribution is 0.507. The van der Waals surface area contributed by atoms with Crippen LogP contribution >= 0.6 is 11.8 Å². The maximum absolute atomic E-state index is 4.72. The zero-order chi connectivity index (χ0) is 15.2. The first-order valence-electron chi connectivity index (χ1n) is 8.23. The Bertz CT molecular complexity index is 411. The molecular weight excluding hydrogens is 278 g/mol. The molecule has 3 atom stereocenters. The van der Waals surface area contributed by atoms with Gasteiger partial charge in [0, 0.05) is 29.6 Å². The molecule has 1 aliphatic heterocycles. The molecule has 2 heterocycles. The van der Waals surface area contributed by atoms with E-state index in [4.69, 9.17) is 4.98 Å². The van der Waals surface area contributed by atoms with E-state index in [1.807, 2.05) is 0 Å². The normalized spacial score (nSPS) is 24.1. The first kappa shape index (κ1) is 16.6. The van der Waals surface area contributed by atoms with Crippen LogP contribution in [-0.2, 0) is 0 Å². The third-order valence-electron chi connectivity index (χ3n) is 3.96. The lowest BCUT2D eigenvalue weighted by Gasteiger charge is -2.36. The molecule has 0 aliphatic carbocycles. The van der Waals surface area contributed by atoms with Crippen molar-refractivity contribution in [3.05, 3.63) is 24.0 Å². The predicted molar refractivity (Wildman–Crippen MR) is 94.3 cm³/mol. The molecule has 0 amide bonds. The summed E-state index contributed by atoms with van der Waals surface area (Å²) < 4.78 is 0. The number of hydrogen-bond acceptors (Lipinski definition) is 4. The van der Waals surface area contributed by atoms with Gasteiger partial charge in [-0.15, -0.1) is 0 Å². The number of rotatable bonds is 6. The van der Waals surface area contributed by atoms with Crippen molar-refractivity contribution < 1.29 is 0 Å². The van der Waals surface area contributed by atoms with Gasteiger partial charge in [-0.05, 0) is 31.5 Å². The van der Waals surface area contributed by atoms with Crippen molar-refractivity contribution in [1.82, 2.24) is 10.3 Å². The van der Waals surface area contributed by atoms with Gasteiger partial charge in [-0.3, -0.25) is 4.98 Å². The minimum absolute atomic E-state index is 0.383. The highest BCUT2D eigenvalue weighted by molar-refractivity contribution is 8.00. The molecule has 1 saturated heterocycles. The summed E-state index contributed by atoms with van der Waals surface area (Å²) in [7, 11) is 0. The Balaban J connectivity index is 2.03. The van der Waals surface area contributed by atoms with Gasteiger partial charge in [0.05, 0.1) is 17.6 Å². The van der Waals surface area contributed by atoms with Crippen molar-refractivity contribution in [3.8, 4) is 0 Å². The summed E-state index contributed by atoms with van der Waals surface area (Å²) >= 11 is 2.09. The summed E-state index contributed by atoms with van der Waals surface area (Å²) in [6.07, 6.45) is 4.30. The maximum atomic E-state index is 4.72. The van der Waals surface area contributed by atoms with Gasteiger partial charge in [-0.1, -0.05) is 27.7 Å². The van der Waals surface area contributed by atoms with Crippen LogP contribution in [0.2, 0.25) is 0 Å². The first-order chi connectivity index (χ1) is 10.1. The summed E-state index contributed by atoms with van der Waals surface area (Å²) in [5.41, 5.74) is 2.44. The number of thioether (sulfide) groups is 1. The topological polar surface area (TPSA) is 28.2 Å². The van der Waals surface area contributed by atoms with Gasteiger partial charge in [0.1, 0.15) is 0 Å². The molecule has 3 nitrogen and oxygen atoms in total. The van der Waals surface area contributed by atoms with Crippen LogP contribution in [0, 0.1) is 0 Å². The van der Waals surface area contributed by atoms with E-state index in [0.29, 0.717) is 16.5 Å². The van der Waals surface area contributed by atoms with E-state index in [1.165, 1.54) is 11.4 Å². The summed E-state index contributed by atoms with van der Waals surface area (Å²) in [5.74, 6) is 0. The van der Waals surface area contributed by atoms with E-state index in [-0.39, 0.29) is 0 Å². The lowest BCUT2D eigenvalue weighted by Crippen LogP contribution is -2.40. The van der Waals surface area contributed by atoms with Crippen LogP contribution in [0.15, 0.2) is 18.3 Å². The molecule has 4 heteroatoms. The molecule has 21 heavy (non-hydrogen) atoms. The van der Waals surface area contributed by atoms with Crippen molar-refractivity contribution in [3.63, 3.8) is 0 Å². The molecule has 118 valence electrons. The van der Waals surface area contributed by atoms with E-state index >= 15 is 0 Å². The van der Waals surface area contributed by atoms with Crippen LogP contribution in [0.4, 0.5) is 5.69 Å². The van der Waals surface area contributed by atoms with Crippen LogP contribution < -0.4 is 10.2 Å². The van der Waals surface area contributed by atoms with Gasteiger partial charge in [-0.2, -0.15) is 11.8 Å². The second-order valence-electron chi connectivity index (χ2n) is 6.02. The van der Waals surface area contributed by atoms with Gasteiger partial charge < -0.3 is 10.2 Å². The molecule has 2 rings (SSSR count). The molecule has 0 saturated carbocycles. The van der Waals surface area contributed by atoms with E-state index < -0.39 is 0 Å². The lowest BCUT2D eigenvalue weighted by atomic mass is 10.1. The van der Waals surface area contributed by atoms with E-state index in [9.17, 15) is 0 Å². The number of nitrogens with zero attached hydrogens (tertiary/aromatic N) is 2. The molecule has 0 aromatic carbocycles. The summed E-state index contributed by atoms with van der Waals surface area (Å²) in [5, 5.41) is 4.96. The standard InChI is InChI=1S/C17H29N3S/c1-5-9-18-16(6-2)17-8-7-15(10-19-17)20-11-13(3)21-14(4)12-20/h7-8,10,13-14,16,18H,5-6,9,11-12H2,1-4H3. The molecule has 0 bridgehead atoms. The minimum atomic E-state index is 0.383. The largest absolute Gasteiger partial charge is 0.368 e. The molecule has 1 aliphatic rings. The smallest absolute Gasteiger partial charge is 0.0574 e. The fourth-order valence-corrected chi connectivity index (χ4v) is 4.28. The molecule has 1 aromatic heterocycles. The number of anilines is 1. The highest BCUT2D eigenvalue weighted by atomic mass is 32.2. The van der Waals surface area contributed by atoms with E-state index in [0.717, 1.165) is 32.5 Å². The van der Waals surface area contributed by atoms with Crippen LogP contribution in [0.25, 0.3) is 0 Å². The molecular formula is C17H29N3S. The zero-order valence-corrected chi connectivity index (χ0v) is 14.6. The highest BCUT2D eigenvalue weighted by Crippen LogP contribution is 2.28. The van der Waals surface area contributed by atoms with Crippen molar-refractivity contribution in [1.29, 1.82) is 0 Å². The van der Waals surface area contributed by atoms with Gasteiger partial charge in [-0.25, -0.2) is 0 Å². The van der Waals surface area contributed by atoms with Crippen molar-refractivity contribution >= 4 is 17.4 Å². The summed E-state index contributed by atoms with van der Waals surface area (Å²) in [6, 6.07) is 4.82. The first-order valence-corrected chi connectivity index (χ1v) is 9.18. The van der Waals surface area contributed by atoms with E-state index in [2.05, 4.69) is 68.0 Å². The van der Waals surface area contributed by atoms with Crippen LogP contribution in [0.1, 0.15) is 52.3 Å². The minimum Gasteiger partial charge on any atom is -0.368 e. The predicted octanol–water partition coefficient (Wildman–Crippen LogP) is 3.86. The van der Waals surface area contributed by atoms with Crippen molar-refractivity contribution in [2.75, 3.05) is 24.5 Å². The van der Waals surface area contributed by atoms with Crippen LogP contribution in [0.5, 0.6) is 0 Å². The zero-order valence-electron chi connectivity index (χ0n) is 13.8. The SMILES string of the molecule is CCCNC(CC)c1ccc(N2CC(C)SC(C)C2)cn1. The Morgan fingerprint density at radius 1 is 1.29 bits per heavy atom. The summed E-state index contributed by atoms with van der Waals surface area (Å²) in [4.78, 5) is 7.19. The van der Waals surface area contributed by atoms with Crippen molar-refractivity contribution in [2.45, 2.75) is 57.1 Å². The number of pyridine rings is 1. The molecule has 1 fully saturated rings. The fourth-order valence-electron chi connectivity index (χ4n) is 2.96. The molecule has 3 unspecified atom stereocenters. The van der Waals surface area contributed by atoms with Crippen molar-refractivity contribution in [2.24, 2.45) is 0 Å². The van der Waals surface area contributed by atoms with Crippen LogP contribution in [0.3, 0.4) is 0 Å². The third-order valence-corrected chi connectivity index (χ3v) is 5.19. The highest BCUT2D eigenvalue weighted by Gasteiger charge is 2.22. The monoisotopic (exact) mass is 307 g/mol. The maximum Gasteiger partial charge on any atom is 0.0574 e. The number of hydrogen-bond donors (Lipinski definition) is 1. The Labute approximate surface area is 133 Å². The Hall–Kier alpha value is -0.740. The van der Waals surface area contributed by atoms with Gasteiger partial charge in [0.25, 0.3) is 0 Å². The summed E-state index contributed by atoms with van der Waals surface area (Å²) in [6.45, 7) is 12.4. The third kappa shape index (κ3) is 4.62. The molecule has 0 radical (unpaired) electrons. The quantitative estimate of drug-likeness (QED) is 0.864. The molecule has 1 N–H and O–H groups in total. The van der Waals surface area contributed by atoms with E-state index in [1.54, 1.807) is 0 Å². The second-order valence-corrected chi connectivity index (χ2v) is 7.90. The Kier molecular flexibility index (Phi) is 6.37. The Morgan fingerprint density at radius 3 is 2.52 bits per heavy atom. The number of nitrogens with one attached hydrogen (secondary N) is 1. The van der Waals surface area contributed by atoms with Gasteiger partial charge in [0.15, 0.2) is 0 Å².